The highest BCUT2D eigenvalue weighted by atomic mass is 16.5. The van der Waals surface area contributed by atoms with Gasteiger partial charge in [0.05, 0.1) is 12.6 Å². The zero-order valence-corrected chi connectivity index (χ0v) is 9.39. The highest BCUT2D eigenvalue weighted by molar-refractivity contribution is 5.88. The molecule has 0 aromatic carbocycles. The van der Waals surface area contributed by atoms with Gasteiger partial charge in [0.25, 0.3) is 0 Å². The monoisotopic (exact) mass is 197 g/mol. The average Bonchev–Trinajstić information content (AvgIpc) is 2.12. The lowest BCUT2D eigenvalue weighted by Crippen LogP contribution is -2.32. The molecule has 0 aliphatic heterocycles. The Morgan fingerprint density at radius 3 is 2.50 bits per heavy atom. The number of carbonyl (C=O) groups excluding carboxylic acids is 1. The molecule has 3 heteroatoms. The minimum absolute atomic E-state index is 0.0596. The molecule has 0 aliphatic rings. The summed E-state index contributed by atoms with van der Waals surface area (Å²) < 4.78 is 4.71. The first-order valence-corrected chi connectivity index (χ1v) is 5.03. The second-order valence-electron chi connectivity index (χ2n) is 3.27. The van der Waals surface area contributed by atoms with Crippen molar-refractivity contribution in [3.63, 3.8) is 0 Å². The van der Waals surface area contributed by atoms with E-state index < -0.39 is 5.97 Å². The topological polar surface area (TPSA) is 38.3 Å². The SMILES string of the molecule is CCNC(C#CC(=O)OCC)C(C)C. The van der Waals surface area contributed by atoms with Gasteiger partial charge in [-0.15, -0.1) is 0 Å². The summed E-state index contributed by atoms with van der Waals surface area (Å²) >= 11 is 0. The van der Waals surface area contributed by atoms with Gasteiger partial charge in [-0.05, 0) is 19.4 Å². The van der Waals surface area contributed by atoms with E-state index in [1.165, 1.54) is 0 Å². The fourth-order valence-corrected chi connectivity index (χ4v) is 0.977. The molecule has 0 heterocycles. The van der Waals surface area contributed by atoms with Crippen molar-refractivity contribution in [1.82, 2.24) is 5.32 Å². The van der Waals surface area contributed by atoms with E-state index in [9.17, 15) is 4.79 Å². The molecule has 0 aromatic heterocycles. The molecule has 0 amide bonds. The zero-order chi connectivity index (χ0) is 11.0. The lowest BCUT2D eigenvalue weighted by Gasteiger charge is -2.14. The normalized spacial score (nSPS) is 11.8. The molecule has 1 N–H and O–H groups in total. The molecule has 0 radical (unpaired) electrons. The number of rotatable bonds is 4. The van der Waals surface area contributed by atoms with Crippen molar-refractivity contribution in [2.45, 2.75) is 33.7 Å². The summed E-state index contributed by atoms with van der Waals surface area (Å²) in [5.74, 6) is 5.28. The number of hydrogen-bond acceptors (Lipinski definition) is 3. The third-order valence-electron chi connectivity index (χ3n) is 1.70. The molecule has 0 saturated carbocycles. The van der Waals surface area contributed by atoms with Crippen LogP contribution in [0.1, 0.15) is 27.7 Å². The third kappa shape index (κ3) is 5.60. The fraction of sp³-hybridized carbons (Fsp3) is 0.727. The maximum absolute atomic E-state index is 11.0. The molecular weight excluding hydrogens is 178 g/mol. The predicted molar refractivity (Wildman–Crippen MR) is 56.7 cm³/mol. The van der Waals surface area contributed by atoms with Gasteiger partial charge in [0.1, 0.15) is 0 Å². The number of esters is 1. The molecule has 0 aromatic rings. The number of ether oxygens (including phenoxy) is 1. The minimum atomic E-state index is -0.448. The van der Waals surface area contributed by atoms with Gasteiger partial charge < -0.3 is 10.1 Å². The number of carbonyl (C=O) groups is 1. The Morgan fingerprint density at radius 2 is 2.07 bits per heavy atom. The number of nitrogens with one attached hydrogen (secondary N) is 1. The second kappa shape index (κ2) is 7.40. The van der Waals surface area contributed by atoms with E-state index in [1.807, 2.05) is 6.92 Å². The van der Waals surface area contributed by atoms with Gasteiger partial charge in [-0.25, -0.2) is 4.79 Å². The molecule has 0 aliphatic carbocycles. The van der Waals surface area contributed by atoms with E-state index in [1.54, 1.807) is 6.92 Å². The molecule has 0 rings (SSSR count). The lowest BCUT2D eigenvalue weighted by molar-refractivity contribution is -0.136. The van der Waals surface area contributed by atoms with Crippen molar-refractivity contribution < 1.29 is 9.53 Å². The van der Waals surface area contributed by atoms with Crippen LogP contribution < -0.4 is 5.32 Å². The molecular formula is C11H19NO2. The van der Waals surface area contributed by atoms with E-state index in [-0.39, 0.29) is 6.04 Å². The summed E-state index contributed by atoms with van der Waals surface area (Å²) in [6.07, 6.45) is 0. The summed E-state index contributed by atoms with van der Waals surface area (Å²) in [6.45, 7) is 9.13. The minimum Gasteiger partial charge on any atom is -0.456 e. The third-order valence-corrected chi connectivity index (χ3v) is 1.70. The van der Waals surface area contributed by atoms with Crippen LogP contribution >= 0.6 is 0 Å². The Balaban J connectivity index is 4.19. The van der Waals surface area contributed by atoms with Crippen molar-refractivity contribution in [1.29, 1.82) is 0 Å². The van der Waals surface area contributed by atoms with Gasteiger partial charge in [-0.3, -0.25) is 0 Å². The van der Waals surface area contributed by atoms with Crippen LogP contribution in [0, 0.1) is 17.8 Å². The summed E-state index contributed by atoms with van der Waals surface area (Å²) in [7, 11) is 0. The van der Waals surface area contributed by atoms with Crippen molar-refractivity contribution >= 4 is 5.97 Å². The lowest BCUT2D eigenvalue weighted by atomic mass is 10.1. The molecule has 14 heavy (non-hydrogen) atoms. The first kappa shape index (κ1) is 13.0. The van der Waals surface area contributed by atoms with Crippen LogP contribution in [0.2, 0.25) is 0 Å². The van der Waals surface area contributed by atoms with E-state index >= 15 is 0 Å². The van der Waals surface area contributed by atoms with Gasteiger partial charge in [-0.1, -0.05) is 26.7 Å². The molecule has 0 bridgehead atoms. The van der Waals surface area contributed by atoms with Crippen LogP contribution in [0.4, 0.5) is 0 Å². The molecule has 80 valence electrons. The quantitative estimate of drug-likeness (QED) is 0.418. The summed E-state index contributed by atoms with van der Waals surface area (Å²) in [6, 6.07) is 0.0596. The van der Waals surface area contributed by atoms with Gasteiger partial charge in [0, 0.05) is 5.92 Å². The number of hydrogen-bond donors (Lipinski definition) is 1. The van der Waals surface area contributed by atoms with Gasteiger partial charge in [-0.2, -0.15) is 0 Å². The van der Waals surface area contributed by atoms with E-state index in [0.717, 1.165) is 6.54 Å². The summed E-state index contributed by atoms with van der Waals surface area (Å²) in [5.41, 5.74) is 0. The van der Waals surface area contributed by atoms with E-state index in [4.69, 9.17) is 4.74 Å². The Hall–Kier alpha value is -1.01. The van der Waals surface area contributed by atoms with Gasteiger partial charge >= 0.3 is 5.97 Å². The second-order valence-corrected chi connectivity index (χ2v) is 3.27. The van der Waals surface area contributed by atoms with Crippen LogP contribution in [0.15, 0.2) is 0 Å². The maximum atomic E-state index is 11.0. The molecule has 3 nitrogen and oxygen atoms in total. The van der Waals surface area contributed by atoms with Crippen molar-refractivity contribution in [2.75, 3.05) is 13.2 Å². The van der Waals surface area contributed by atoms with Crippen molar-refractivity contribution in [3.8, 4) is 11.8 Å². The van der Waals surface area contributed by atoms with Crippen LogP contribution in [-0.4, -0.2) is 25.2 Å². The predicted octanol–water partition coefficient (Wildman–Crippen LogP) is 1.19. The molecule has 1 atom stereocenters. The highest BCUT2D eigenvalue weighted by Crippen LogP contribution is 1.99. The summed E-state index contributed by atoms with van der Waals surface area (Å²) in [5, 5.41) is 3.20. The Labute approximate surface area is 86.2 Å². The molecule has 0 saturated heterocycles. The van der Waals surface area contributed by atoms with Crippen LogP contribution in [0.25, 0.3) is 0 Å². The van der Waals surface area contributed by atoms with Crippen molar-refractivity contribution in [2.24, 2.45) is 5.92 Å². The Bertz CT molecular complexity index is 225. The maximum Gasteiger partial charge on any atom is 0.384 e. The van der Waals surface area contributed by atoms with Crippen LogP contribution in [-0.2, 0) is 9.53 Å². The first-order chi connectivity index (χ1) is 6.61. The van der Waals surface area contributed by atoms with E-state index in [0.29, 0.717) is 12.5 Å². The van der Waals surface area contributed by atoms with Crippen LogP contribution in [0.5, 0.6) is 0 Å². The van der Waals surface area contributed by atoms with Gasteiger partial charge in [0.15, 0.2) is 0 Å². The Morgan fingerprint density at radius 1 is 1.43 bits per heavy atom. The van der Waals surface area contributed by atoms with Crippen LogP contribution in [0.3, 0.4) is 0 Å². The standard InChI is InChI=1S/C11H19NO2/c1-5-12-10(9(3)4)7-8-11(13)14-6-2/h9-10,12H,5-6H2,1-4H3. The highest BCUT2D eigenvalue weighted by Gasteiger charge is 2.08. The smallest absolute Gasteiger partial charge is 0.384 e. The fourth-order valence-electron chi connectivity index (χ4n) is 0.977. The molecule has 0 spiro atoms. The van der Waals surface area contributed by atoms with Gasteiger partial charge in [0.2, 0.25) is 0 Å². The molecule has 0 fully saturated rings. The van der Waals surface area contributed by atoms with Crippen molar-refractivity contribution in [3.05, 3.63) is 0 Å². The average molecular weight is 197 g/mol. The largest absolute Gasteiger partial charge is 0.456 e. The summed E-state index contributed by atoms with van der Waals surface area (Å²) in [4.78, 5) is 11.0. The molecule has 1 unspecified atom stereocenters. The first-order valence-electron chi connectivity index (χ1n) is 5.03. The zero-order valence-electron chi connectivity index (χ0n) is 9.39. The van der Waals surface area contributed by atoms with E-state index in [2.05, 4.69) is 31.0 Å². The Kier molecular flexibility index (Phi) is 6.87.